The number of aromatic nitrogens is 3. The Kier molecular flexibility index (Phi) is 4.92. The maximum Gasteiger partial charge on any atom is 0.175 e. The summed E-state index contributed by atoms with van der Waals surface area (Å²) in [5, 5.41) is 10.9. The number of nitrogens with zero attached hydrogens (tertiary/aromatic N) is 3. The van der Waals surface area contributed by atoms with Gasteiger partial charge in [0.05, 0.1) is 11.4 Å². The van der Waals surface area contributed by atoms with Crippen molar-refractivity contribution in [1.29, 1.82) is 0 Å². The highest BCUT2D eigenvalue weighted by Gasteiger charge is 2.17. The Balaban J connectivity index is 0.000000131. The van der Waals surface area contributed by atoms with E-state index in [0.717, 1.165) is 42.6 Å². The van der Waals surface area contributed by atoms with Gasteiger partial charge in [0.2, 0.25) is 0 Å². The molecule has 0 amide bonds. The average molecular weight is 496 g/mol. The molecule has 0 saturated heterocycles. The van der Waals surface area contributed by atoms with E-state index in [1.54, 1.807) is 6.33 Å². The molecule has 132 valence electrons. The van der Waals surface area contributed by atoms with Crippen LogP contribution >= 0.6 is 44.1 Å². The Morgan fingerprint density at radius 3 is 2.58 bits per heavy atom. The Labute approximate surface area is 171 Å². The number of anilines is 1. The van der Waals surface area contributed by atoms with Crippen LogP contribution in [0.1, 0.15) is 5.82 Å². The minimum Gasteiger partial charge on any atom is -0.484 e. The summed E-state index contributed by atoms with van der Waals surface area (Å²) < 4.78 is 14.9. The topological polar surface area (TPSA) is 61.2 Å². The van der Waals surface area contributed by atoms with E-state index >= 15 is 0 Å². The Hall–Kier alpha value is -1.97. The summed E-state index contributed by atoms with van der Waals surface area (Å²) in [6.45, 7) is 0.957. The van der Waals surface area contributed by atoms with E-state index < -0.39 is 0 Å². The molecule has 9 heteroatoms. The van der Waals surface area contributed by atoms with Crippen LogP contribution in [-0.4, -0.2) is 26.4 Å². The van der Waals surface area contributed by atoms with Crippen molar-refractivity contribution >= 4 is 54.8 Å². The summed E-state index contributed by atoms with van der Waals surface area (Å²) >= 11 is 11.8. The molecule has 0 aliphatic carbocycles. The zero-order valence-electron chi connectivity index (χ0n) is 13.3. The van der Waals surface area contributed by atoms with E-state index in [1.165, 1.54) is 0 Å². The lowest BCUT2D eigenvalue weighted by Crippen LogP contribution is -2.23. The molecule has 2 aliphatic heterocycles. The number of thiocarbonyl (C=S) groups is 1. The van der Waals surface area contributed by atoms with Crippen molar-refractivity contribution in [3.63, 3.8) is 0 Å². The maximum atomic E-state index is 5.52. The Morgan fingerprint density at radius 1 is 1.00 bits per heavy atom. The first-order valence-corrected chi connectivity index (χ1v) is 9.63. The molecular formula is C17H12Br2N4O2S. The summed E-state index contributed by atoms with van der Waals surface area (Å²) in [4.78, 5) is 0.723. The van der Waals surface area contributed by atoms with Gasteiger partial charge in [-0.15, -0.1) is 10.2 Å². The van der Waals surface area contributed by atoms with Crippen LogP contribution in [0.15, 0.2) is 51.7 Å². The molecule has 1 aromatic heterocycles. The zero-order valence-corrected chi connectivity index (χ0v) is 17.3. The minimum atomic E-state index is 0.476. The second-order valence-electron chi connectivity index (χ2n) is 5.50. The highest BCUT2D eigenvalue weighted by Crippen LogP contribution is 2.31. The van der Waals surface area contributed by atoms with E-state index in [4.69, 9.17) is 21.7 Å². The summed E-state index contributed by atoms with van der Waals surface area (Å²) in [5.74, 6) is 2.54. The lowest BCUT2D eigenvalue weighted by molar-refractivity contribution is 0.279. The van der Waals surface area contributed by atoms with Gasteiger partial charge in [-0.2, -0.15) is 0 Å². The molecule has 3 heterocycles. The van der Waals surface area contributed by atoms with Crippen LogP contribution in [0.2, 0.25) is 0 Å². The quantitative estimate of drug-likeness (QED) is 0.463. The van der Waals surface area contributed by atoms with Gasteiger partial charge >= 0.3 is 0 Å². The van der Waals surface area contributed by atoms with E-state index in [9.17, 15) is 0 Å². The highest BCUT2D eigenvalue weighted by molar-refractivity contribution is 9.10. The number of halogens is 2. The number of nitrogens with one attached hydrogen (secondary N) is 1. The summed E-state index contributed by atoms with van der Waals surface area (Å²) in [7, 11) is 0. The predicted molar refractivity (Wildman–Crippen MR) is 109 cm³/mol. The molecule has 0 spiro atoms. The fraction of sp³-hybridized carbons (Fsp3) is 0.118. The van der Waals surface area contributed by atoms with Gasteiger partial charge in [-0.3, -0.25) is 4.57 Å². The van der Waals surface area contributed by atoms with Crippen LogP contribution in [0.5, 0.6) is 11.5 Å². The smallest absolute Gasteiger partial charge is 0.175 e. The lowest BCUT2D eigenvalue weighted by Gasteiger charge is -2.19. The number of hydrogen-bond donors (Lipinski definition) is 1. The molecule has 2 aliphatic rings. The van der Waals surface area contributed by atoms with Gasteiger partial charge in [-0.25, -0.2) is 0 Å². The first-order valence-electron chi connectivity index (χ1n) is 7.64. The molecule has 0 fully saturated rings. The molecule has 26 heavy (non-hydrogen) atoms. The fourth-order valence-electron chi connectivity index (χ4n) is 2.56. The van der Waals surface area contributed by atoms with Gasteiger partial charge in [0.15, 0.2) is 5.82 Å². The van der Waals surface area contributed by atoms with Gasteiger partial charge in [-0.1, -0.05) is 44.1 Å². The third-order valence-electron chi connectivity index (χ3n) is 3.73. The summed E-state index contributed by atoms with van der Waals surface area (Å²) in [6, 6.07) is 11.7. The average Bonchev–Trinajstić information content (AvgIpc) is 3.11. The van der Waals surface area contributed by atoms with Crippen molar-refractivity contribution in [1.82, 2.24) is 14.8 Å². The number of ether oxygens (including phenoxy) is 2. The van der Waals surface area contributed by atoms with E-state index in [0.29, 0.717) is 13.2 Å². The van der Waals surface area contributed by atoms with Crippen molar-refractivity contribution in [3.8, 4) is 17.2 Å². The monoisotopic (exact) mass is 494 g/mol. The fourth-order valence-corrected chi connectivity index (χ4v) is 3.44. The van der Waals surface area contributed by atoms with Crippen molar-refractivity contribution < 1.29 is 9.47 Å². The molecule has 5 rings (SSSR count). The second-order valence-corrected chi connectivity index (χ2v) is 7.82. The largest absolute Gasteiger partial charge is 0.484 e. The number of hydrogen-bond acceptors (Lipinski definition) is 5. The molecule has 0 radical (unpaired) electrons. The second kappa shape index (κ2) is 7.34. The van der Waals surface area contributed by atoms with Crippen LogP contribution in [0.4, 0.5) is 5.69 Å². The first-order chi connectivity index (χ1) is 12.6. The van der Waals surface area contributed by atoms with Gasteiger partial charge in [0.1, 0.15) is 36.0 Å². The Bertz CT molecular complexity index is 993. The summed E-state index contributed by atoms with van der Waals surface area (Å²) in [5.41, 5.74) is 1.91. The molecule has 0 atom stereocenters. The van der Waals surface area contributed by atoms with Gasteiger partial charge < -0.3 is 14.8 Å². The van der Waals surface area contributed by atoms with Gasteiger partial charge in [-0.05, 0) is 36.4 Å². The molecule has 0 saturated carbocycles. The van der Waals surface area contributed by atoms with E-state index in [-0.39, 0.29) is 0 Å². The van der Waals surface area contributed by atoms with Crippen LogP contribution in [0.25, 0.3) is 5.69 Å². The van der Waals surface area contributed by atoms with Crippen molar-refractivity contribution in [2.75, 3.05) is 11.9 Å². The predicted octanol–water partition coefficient (Wildman–Crippen LogP) is 4.50. The zero-order chi connectivity index (χ0) is 18.1. The molecule has 3 aromatic rings. The molecule has 0 unspecified atom stereocenters. The van der Waals surface area contributed by atoms with Crippen LogP contribution in [0, 0.1) is 0 Å². The van der Waals surface area contributed by atoms with Crippen LogP contribution in [0.3, 0.4) is 0 Å². The van der Waals surface area contributed by atoms with E-state index in [2.05, 4.69) is 47.4 Å². The van der Waals surface area contributed by atoms with Crippen molar-refractivity contribution in [2.24, 2.45) is 0 Å². The molecule has 1 N–H and O–H groups in total. The third-order valence-corrected chi connectivity index (χ3v) is 4.94. The minimum absolute atomic E-state index is 0.476. The molecular weight excluding hydrogens is 484 g/mol. The van der Waals surface area contributed by atoms with Gasteiger partial charge in [0, 0.05) is 8.95 Å². The lowest BCUT2D eigenvalue weighted by atomic mass is 10.2. The first kappa shape index (κ1) is 17.4. The Morgan fingerprint density at radius 2 is 1.73 bits per heavy atom. The van der Waals surface area contributed by atoms with Crippen LogP contribution < -0.4 is 14.8 Å². The standard InChI is InChI=1S/C9H6BrN3O.C8H6BrNOS/c10-6-1-2-8-7(3-6)13-5-11-12-9(13)4-14-8;9-5-1-2-7-6(3-5)10-8(12)4-11-7/h1-3,5H,4H2;1-3H,4H2,(H,10,12). The molecule has 6 nitrogen and oxygen atoms in total. The summed E-state index contributed by atoms with van der Waals surface area (Å²) in [6.07, 6.45) is 1.70. The molecule has 2 aromatic carbocycles. The number of fused-ring (bicyclic) bond motifs is 4. The van der Waals surface area contributed by atoms with Crippen molar-refractivity contribution in [2.45, 2.75) is 6.61 Å². The number of rotatable bonds is 0. The third kappa shape index (κ3) is 3.60. The normalized spacial score (nSPS) is 13.7. The van der Waals surface area contributed by atoms with Crippen molar-refractivity contribution in [3.05, 3.63) is 57.5 Å². The van der Waals surface area contributed by atoms with E-state index in [1.807, 2.05) is 41.0 Å². The SMILES string of the molecule is Brc1ccc2c(c1)-n1cnnc1CO2.S=C1COc2ccc(Br)cc2N1. The number of benzene rings is 2. The van der Waals surface area contributed by atoms with Crippen LogP contribution in [-0.2, 0) is 6.61 Å². The molecule has 0 bridgehead atoms. The maximum absolute atomic E-state index is 5.52. The van der Waals surface area contributed by atoms with Gasteiger partial charge in [0.25, 0.3) is 0 Å². The highest BCUT2D eigenvalue weighted by atomic mass is 79.9.